The Bertz CT molecular complexity index is 805. The highest BCUT2D eigenvalue weighted by atomic mass is 16.1. The third-order valence-electron chi connectivity index (χ3n) is 3.03. The number of hydrogen-bond donors (Lipinski definition) is 1. The molecule has 0 aliphatic rings. The van der Waals surface area contributed by atoms with E-state index in [1.54, 1.807) is 30.6 Å². The zero-order valence-corrected chi connectivity index (χ0v) is 12.9. The first-order chi connectivity index (χ1) is 11.8. The fraction of sp³-hybridized carbons (Fsp3) is 0.200. The number of nitrogens with one attached hydrogen (secondary N) is 1. The van der Waals surface area contributed by atoms with Crippen LogP contribution >= 0.6 is 0 Å². The summed E-state index contributed by atoms with van der Waals surface area (Å²) in [4.78, 5) is 24.1. The number of carbonyl (C=O) groups is 1. The Morgan fingerprint density at radius 3 is 2.29 bits per heavy atom. The van der Waals surface area contributed by atoms with E-state index >= 15 is 0 Å². The standard InChI is InChI=1S/C15H14N8O/c1-2-6-18-15(24)10-4-5-11(19-9-10)12-20-22-14(23-21-12)13-16-7-3-8-17-13/h3-5,7-9H,2,6H2,1H3,(H,18,24). The van der Waals surface area contributed by atoms with Gasteiger partial charge in [-0.25, -0.2) is 9.97 Å². The highest BCUT2D eigenvalue weighted by Crippen LogP contribution is 2.12. The molecule has 1 amide bonds. The van der Waals surface area contributed by atoms with Gasteiger partial charge in [-0.2, -0.15) is 0 Å². The lowest BCUT2D eigenvalue weighted by atomic mass is 10.2. The zero-order chi connectivity index (χ0) is 16.8. The summed E-state index contributed by atoms with van der Waals surface area (Å²) in [6, 6.07) is 5.00. The van der Waals surface area contributed by atoms with Crippen LogP contribution in [0.3, 0.4) is 0 Å². The van der Waals surface area contributed by atoms with Gasteiger partial charge < -0.3 is 5.32 Å². The molecule has 9 nitrogen and oxygen atoms in total. The molecule has 0 radical (unpaired) electrons. The number of nitrogens with zero attached hydrogens (tertiary/aromatic N) is 7. The molecule has 0 aliphatic heterocycles. The van der Waals surface area contributed by atoms with Gasteiger partial charge in [-0.15, -0.1) is 20.4 Å². The molecule has 3 aromatic heterocycles. The summed E-state index contributed by atoms with van der Waals surface area (Å²) in [5.41, 5.74) is 0.949. The third kappa shape index (κ3) is 3.51. The SMILES string of the molecule is CCCNC(=O)c1ccc(-c2nnc(-c3ncccn3)nn2)nc1. The van der Waals surface area contributed by atoms with Crippen molar-refractivity contribution in [3.63, 3.8) is 0 Å². The van der Waals surface area contributed by atoms with Crippen LogP contribution in [-0.4, -0.2) is 47.8 Å². The molecule has 0 aromatic carbocycles. The smallest absolute Gasteiger partial charge is 0.252 e. The highest BCUT2D eigenvalue weighted by Gasteiger charge is 2.10. The summed E-state index contributed by atoms with van der Waals surface area (Å²) in [6.07, 6.45) is 5.52. The lowest BCUT2D eigenvalue weighted by Crippen LogP contribution is -2.24. The number of hydrogen-bond acceptors (Lipinski definition) is 8. The Morgan fingerprint density at radius 2 is 1.67 bits per heavy atom. The first-order valence-corrected chi connectivity index (χ1v) is 7.37. The van der Waals surface area contributed by atoms with Crippen molar-refractivity contribution in [3.8, 4) is 23.2 Å². The topological polar surface area (TPSA) is 119 Å². The normalized spacial score (nSPS) is 10.4. The Balaban J connectivity index is 1.76. The summed E-state index contributed by atoms with van der Waals surface area (Å²) in [6.45, 7) is 2.61. The second kappa shape index (κ2) is 7.27. The van der Waals surface area contributed by atoms with E-state index in [1.165, 1.54) is 6.20 Å². The van der Waals surface area contributed by atoms with Gasteiger partial charge in [-0.1, -0.05) is 6.92 Å². The highest BCUT2D eigenvalue weighted by molar-refractivity contribution is 5.94. The largest absolute Gasteiger partial charge is 0.352 e. The van der Waals surface area contributed by atoms with Gasteiger partial charge in [0.2, 0.25) is 17.5 Å². The van der Waals surface area contributed by atoms with E-state index in [2.05, 4.69) is 40.7 Å². The molecule has 24 heavy (non-hydrogen) atoms. The van der Waals surface area contributed by atoms with Crippen LogP contribution in [0, 0.1) is 0 Å². The van der Waals surface area contributed by atoms with Crippen LogP contribution < -0.4 is 5.32 Å². The lowest BCUT2D eigenvalue weighted by molar-refractivity contribution is 0.0953. The van der Waals surface area contributed by atoms with E-state index in [1.807, 2.05) is 6.92 Å². The van der Waals surface area contributed by atoms with Crippen molar-refractivity contribution in [2.24, 2.45) is 0 Å². The molecule has 0 unspecified atom stereocenters. The predicted octanol–water partition coefficient (Wildman–Crippen LogP) is 0.925. The van der Waals surface area contributed by atoms with Gasteiger partial charge in [0.05, 0.1) is 5.56 Å². The van der Waals surface area contributed by atoms with E-state index in [0.717, 1.165) is 6.42 Å². The predicted molar refractivity (Wildman–Crippen MR) is 84.5 cm³/mol. The van der Waals surface area contributed by atoms with Gasteiger partial charge in [0.1, 0.15) is 5.69 Å². The van der Waals surface area contributed by atoms with Gasteiger partial charge in [-0.05, 0) is 24.6 Å². The summed E-state index contributed by atoms with van der Waals surface area (Å²) >= 11 is 0. The van der Waals surface area contributed by atoms with Crippen LogP contribution in [0.2, 0.25) is 0 Å². The first-order valence-electron chi connectivity index (χ1n) is 7.37. The van der Waals surface area contributed by atoms with Gasteiger partial charge in [0.15, 0.2) is 0 Å². The maximum atomic E-state index is 11.8. The molecule has 0 spiro atoms. The molecule has 0 saturated carbocycles. The van der Waals surface area contributed by atoms with Crippen LogP contribution in [0.5, 0.6) is 0 Å². The van der Waals surface area contributed by atoms with Crippen LogP contribution in [0.25, 0.3) is 23.2 Å². The minimum absolute atomic E-state index is 0.162. The number of amides is 1. The van der Waals surface area contributed by atoms with Crippen LogP contribution in [0.15, 0.2) is 36.8 Å². The first kappa shape index (κ1) is 15.5. The molecular weight excluding hydrogens is 308 g/mol. The fourth-order valence-corrected chi connectivity index (χ4v) is 1.84. The second-order valence-electron chi connectivity index (χ2n) is 4.81. The molecular formula is C15H14N8O. The van der Waals surface area contributed by atoms with E-state index in [-0.39, 0.29) is 17.6 Å². The van der Waals surface area contributed by atoms with Gasteiger partial charge in [0.25, 0.3) is 5.91 Å². The quantitative estimate of drug-likeness (QED) is 0.736. The molecule has 120 valence electrons. The fourth-order valence-electron chi connectivity index (χ4n) is 1.84. The molecule has 0 aliphatic carbocycles. The summed E-state index contributed by atoms with van der Waals surface area (Å²) in [7, 11) is 0. The molecule has 3 heterocycles. The van der Waals surface area contributed by atoms with Crippen molar-refractivity contribution >= 4 is 5.91 Å². The molecule has 0 saturated heterocycles. The number of pyridine rings is 1. The Labute approximate surface area is 137 Å². The molecule has 3 aromatic rings. The van der Waals surface area contributed by atoms with Gasteiger partial charge >= 0.3 is 0 Å². The molecule has 0 atom stereocenters. The Hall–Kier alpha value is -3.36. The minimum atomic E-state index is -0.162. The van der Waals surface area contributed by atoms with Crippen molar-refractivity contribution < 1.29 is 4.79 Å². The Kier molecular flexibility index (Phi) is 4.70. The maximum absolute atomic E-state index is 11.8. The molecule has 1 N–H and O–H groups in total. The minimum Gasteiger partial charge on any atom is -0.352 e. The summed E-state index contributed by atoms with van der Waals surface area (Å²) in [5.74, 6) is 0.676. The van der Waals surface area contributed by atoms with Gasteiger partial charge in [-0.3, -0.25) is 9.78 Å². The van der Waals surface area contributed by atoms with Crippen LogP contribution in [0.4, 0.5) is 0 Å². The number of carbonyl (C=O) groups excluding carboxylic acids is 1. The average molecular weight is 322 g/mol. The van der Waals surface area contributed by atoms with Crippen molar-refractivity contribution in [2.45, 2.75) is 13.3 Å². The van der Waals surface area contributed by atoms with Gasteiger partial charge in [0, 0.05) is 25.1 Å². The number of rotatable bonds is 5. The Morgan fingerprint density at radius 1 is 0.958 bits per heavy atom. The zero-order valence-electron chi connectivity index (χ0n) is 12.9. The van der Waals surface area contributed by atoms with E-state index in [9.17, 15) is 4.79 Å². The second-order valence-corrected chi connectivity index (χ2v) is 4.81. The molecule has 0 fully saturated rings. The average Bonchev–Trinajstić information content (AvgIpc) is 2.67. The van der Waals surface area contributed by atoms with Crippen molar-refractivity contribution in [1.29, 1.82) is 0 Å². The number of aromatic nitrogens is 7. The monoisotopic (exact) mass is 322 g/mol. The van der Waals surface area contributed by atoms with Crippen molar-refractivity contribution in [3.05, 3.63) is 42.4 Å². The summed E-state index contributed by atoms with van der Waals surface area (Å²) in [5, 5.41) is 18.7. The van der Waals surface area contributed by atoms with E-state index in [0.29, 0.717) is 23.6 Å². The molecule has 9 heteroatoms. The third-order valence-corrected chi connectivity index (χ3v) is 3.03. The van der Waals surface area contributed by atoms with Crippen LogP contribution in [0.1, 0.15) is 23.7 Å². The lowest BCUT2D eigenvalue weighted by Gasteiger charge is -2.03. The van der Waals surface area contributed by atoms with Crippen molar-refractivity contribution in [2.75, 3.05) is 6.54 Å². The van der Waals surface area contributed by atoms with Crippen molar-refractivity contribution in [1.82, 2.24) is 40.7 Å². The molecule has 3 rings (SSSR count). The molecule has 0 bridgehead atoms. The van der Waals surface area contributed by atoms with Crippen LogP contribution in [-0.2, 0) is 0 Å². The maximum Gasteiger partial charge on any atom is 0.252 e. The summed E-state index contributed by atoms with van der Waals surface area (Å²) < 4.78 is 0. The van der Waals surface area contributed by atoms with E-state index < -0.39 is 0 Å². The van der Waals surface area contributed by atoms with E-state index in [4.69, 9.17) is 0 Å².